The molecule has 2 aromatic heterocycles. The van der Waals surface area contributed by atoms with Crippen molar-refractivity contribution in [2.24, 2.45) is 0 Å². The number of hydrogen-bond acceptors (Lipinski definition) is 4. The maximum atomic E-state index is 12.4. The molecule has 2 aliphatic rings. The Bertz CT molecular complexity index is 678. The van der Waals surface area contributed by atoms with Crippen LogP contribution in [0.1, 0.15) is 58.7 Å². The van der Waals surface area contributed by atoms with E-state index < -0.39 is 0 Å². The number of thiophene rings is 1. The predicted molar refractivity (Wildman–Crippen MR) is 88.8 cm³/mol. The third-order valence-corrected chi connectivity index (χ3v) is 6.04. The van der Waals surface area contributed by atoms with Crippen LogP contribution in [0.25, 0.3) is 0 Å². The minimum Gasteiger partial charge on any atom is -0.459 e. The molecule has 0 unspecified atom stereocenters. The zero-order chi connectivity index (χ0) is 15.8. The van der Waals surface area contributed by atoms with E-state index in [9.17, 15) is 4.79 Å². The second kappa shape index (κ2) is 6.13. The highest BCUT2D eigenvalue weighted by Crippen LogP contribution is 2.47. The second-order valence-electron chi connectivity index (χ2n) is 6.46. The Morgan fingerprint density at radius 1 is 1.35 bits per heavy atom. The highest BCUT2D eigenvalue weighted by atomic mass is 32.1. The average Bonchev–Trinajstić information content (AvgIpc) is 3.26. The predicted octanol–water partition coefficient (Wildman–Crippen LogP) is 4.21. The number of carbonyl (C=O) groups excluding carboxylic acids is 1. The Morgan fingerprint density at radius 3 is 3.04 bits per heavy atom. The van der Waals surface area contributed by atoms with Crippen LogP contribution in [0.5, 0.6) is 0 Å². The number of hydrogen-bond donors (Lipinski definition) is 0. The molecule has 1 saturated carbocycles. The summed E-state index contributed by atoms with van der Waals surface area (Å²) in [5.74, 6) is 0.839. The van der Waals surface area contributed by atoms with Crippen molar-refractivity contribution < 1.29 is 13.9 Å². The summed E-state index contributed by atoms with van der Waals surface area (Å²) in [6, 6.07) is 5.61. The van der Waals surface area contributed by atoms with Crippen LogP contribution in [-0.4, -0.2) is 30.5 Å². The molecule has 0 saturated heterocycles. The zero-order valence-corrected chi connectivity index (χ0v) is 14.1. The van der Waals surface area contributed by atoms with Crippen LogP contribution < -0.4 is 0 Å². The Labute approximate surface area is 140 Å². The first kappa shape index (κ1) is 15.0. The molecular weight excluding hydrogens is 310 g/mol. The van der Waals surface area contributed by atoms with Crippen LogP contribution in [0, 0.1) is 0 Å². The fourth-order valence-electron chi connectivity index (χ4n) is 3.80. The van der Waals surface area contributed by atoms with Gasteiger partial charge in [-0.3, -0.25) is 4.79 Å². The van der Waals surface area contributed by atoms with Crippen molar-refractivity contribution in [1.82, 2.24) is 4.90 Å². The van der Waals surface area contributed by atoms with Gasteiger partial charge in [0.1, 0.15) is 6.10 Å². The Kier molecular flexibility index (Phi) is 3.99. The van der Waals surface area contributed by atoms with Gasteiger partial charge in [0.05, 0.1) is 18.9 Å². The topological polar surface area (TPSA) is 42.7 Å². The van der Waals surface area contributed by atoms with Crippen molar-refractivity contribution in [1.29, 1.82) is 0 Å². The van der Waals surface area contributed by atoms with E-state index in [1.807, 2.05) is 18.4 Å². The number of ether oxygens (including phenoxy) is 1. The summed E-state index contributed by atoms with van der Waals surface area (Å²) in [7, 11) is 1.81. The number of furan rings is 1. The molecule has 0 radical (unpaired) electrons. The molecule has 4 rings (SSSR count). The Hall–Kier alpha value is -1.59. The Morgan fingerprint density at radius 2 is 2.22 bits per heavy atom. The lowest BCUT2D eigenvalue weighted by atomic mass is 9.81. The molecule has 0 N–H and O–H groups in total. The summed E-state index contributed by atoms with van der Waals surface area (Å²) in [5, 5.41) is 2.16. The van der Waals surface area contributed by atoms with Crippen LogP contribution in [0.15, 0.2) is 34.3 Å². The van der Waals surface area contributed by atoms with E-state index in [1.54, 1.807) is 17.0 Å². The molecule has 3 atom stereocenters. The van der Waals surface area contributed by atoms with Gasteiger partial charge >= 0.3 is 0 Å². The van der Waals surface area contributed by atoms with Gasteiger partial charge in [0.25, 0.3) is 5.91 Å². The van der Waals surface area contributed by atoms with Crippen molar-refractivity contribution in [2.75, 3.05) is 13.6 Å². The van der Waals surface area contributed by atoms with Crippen molar-refractivity contribution in [3.05, 3.63) is 46.0 Å². The smallest absolute Gasteiger partial charge is 0.289 e. The molecule has 23 heavy (non-hydrogen) atoms. The van der Waals surface area contributed by atoms with E-state index in [2.05, 4.69) is 11.4 Å². The molecule has 4 nitrogen and oxygen atoms in total. The van der Waals surface area contributed by atoms with E-state index in [0.29, 0.717) is 24.3 Å². The van der Waals surface area contributed by atoms with Gasteiger partial charge in [0.2, 0.25) is 0 Å². The van der Waals surface area contributed by atoms with E-state index in [4.69, 9.17) is 9.15 Å². The zero-order valence-electron chi connectivity index (χ0n) is 13.2. The lowest BCUT2D eigenvalue weighted by Crippen LogP contribution is -2.38. The molecule has 1 fully saturated rings. The van der Waals surface area contributed by atoms with Crippen molar-refractivity contribution >= 4 is 17.2 Å². The number of nitrogens with zero attached hydrogens (tertiary/aromatic N) is 1. The monoisotopic (exact) mass is 331 g/mol. The fourth-order valence-corrected chi connectivity index (χ4v) is 4.94. The van der Waals surface area contributed by atoms with Crippen molar-refractivity contribution in [2.45, 2.75) is 43.8 Å². The van der Waals surface area contributed by atoms with Gasteiger partial charge in [0.15, 0.2) is 5.76 Å². The quantitative estimate of drug-likeness (QED) is 0.846. The molecule has 1 aliphatic carbocycles. The van der Waals surface area contributed by atoms with E-state index >= 15 is 0 Å². The third-order valence-electron chi connectivity index (χ3n) is 4.97. The molecule has 0 bridgehead atoms. The molecule has 1 aliphatic heterocycles. The molecule has 122 valence electrons. The van der Waals surface area contributed by atoms with Crippen LogP contribution in [0.4, 0.5) is 0 Å². The van der Waals surface area contributed by atoms with Gasteiger partial charge in [-0.15, -0.1) is 11.3 Å². The molecule has 3 heterocycles. The third kappa shape index (κ3) is 2.72. The van der Waals surface area contributed by atoms with Gasteiger partial charge in [-0.2, -0.15) is 0 Å². The van der Waals surface area contributed by atoms with Crippen LogP contribution in [-0.2, 0) is 4.74 Å². The van der Waals surface area contributed by atoms with E-state index in [1.165, 1.54) is 36.0 Å². The first-order valence-corrected chi connectivity index (χ1v) is 9.13. The maximum Gasteiger partial charge on any atom is 0.289 e. The summed E-state index contributed by atoms with van der Waals surface area (Å²) < 4.78 is 11.6. The first-order chi connectivity index (χ1) is 11.2. The first-order valence-electron chi connectivity index (χ1n) is 8.26. The molecule has 5 heteroatoms. The molecule has 2 aromatic rings. The highest BCUT2D eigenvalue weighted by Gasteiger charge is 2.38. The fraction of sp³-hybridized carbons (Fsp3) is 0.500. The molecular formula is C18H21NO3S. The van der Waals surface area contributed by atoms with Crippen LogP contribution in [0.3, 0.4) is 0 Å². The van der Waals surface area contributed by atoms with E-state index in [-0.39, 0.29) is 12.0 Å². The number of rotatable bonds is 3. The average molecular weight is 331 g/mol. The maximum absolute atomic E-state index is 12.4. The minimum absolute atomic E-state index is 0.0282. The summed E-state index contributed by atoms with van der Waals surface area (Å²) in [5.41, 5.74) is 1.28. The van der Waals surface area contributed by atoms with Gasteiger partial charge in [0, 0.05) is 17.8 Å². The lowest BCUT2D eigenvalue weighted by Gasteiger charge is -2.40. The van der Waals surface area contributed by atoms with Crippen LogP contribution >= 0.6 is 11.3 Å². The summed E-state index contributed by atoms with van der Waals surface area (Å²) in [6.45, 7) is 0.562. The summed E-state index contributed by atoms with van der Waals surface area (Å²) >= 11 is 1.85. The number of amides is 1. The SMILES string of the molecule is CN(C[C@@H]1O[C@@H]2CCCC[C@H]2c2sccc21)C(=O)c1ccco1. The van der Waals surface area contributed by atoms with Crippen molar-refractivity contribution in [3.8, 4) is 0 Å². The summed E-state index contributed by atoms with van der Waals surface area (Å²) in [4.78, 5) is 15.6. The van der Waals surface area contributed by atoms with Crippen molar-refractivity contribution in [3.63, 3.8) is 0 Å². The van der Waals surface area contributed by atoms with Gasteiger partial charge < -0.3 is 14.1 Å². The number of likely N-dealkylation sites (N-methyl/N-ethyl adjacent to an activating group) is 1. The molecule has 1 amide bonds. The Balaban J connectivity index is 1.54. The van der Waals surface area contributed by atoms with Gasteiger partial charge in [-0.05, 0) is 42.0 Å². The van der Waals surface area contributed by atoms with E-state index in [0.717, 1.165) is 6.42 Å². The highest BCUT2D eigenvalue weighted by molar-refractivity contribution is 7.10. The largest absolute Gasteiger partial charge is 0.459 e. The normalized spacial score (nSPS) is 26.4. The minimum atomic E-state index is -0.0962. The molecule has 0 spiro atoms. The molecule has 0 aromatic carbocycles. The standard InChI is InChI=1S/C18H21NO3S/c1-19(18(20)15-7-4-9-21-15)11-16-13-8-10-23-17(13)12-5-2-3-6-14(12)22-16/h4,7-10,12,14,16H,2-3,5-6,11H2,1H3/t12-,14-,16+/m1/s1. The number of fused-ring (bicyclic) bond motifs is 3. The van der Waals surface area contributed by atoms with Crippen LogP contribution in [0.2, 0.25) is 0 Å². The second-order valence-corrected chi connectivity index (χ2v) is 7.40. The van der Waals surface area contributed by atoms with Gasteiger partial charge in [-0.1, -0.05) is 12.8 Å². The van der Waals surface area contributed by atoms with Gasteiger partial charge in [-0.25, -0.2) is 0 Å². The number of carbonyl (C=O) groups is 1. The summed E-state index contributed by atoms with van der Waals surface area (Å²) in [6.07, 6.45) is 6.72. The lowest BCUT2D eigenvalue weighted by molar-refractivity contribution is -0.0636.